The molecule has 30 heavy (non-hydrogen) atoms. The molecule has 4 bridgehead atoms. The van der Waals surface area contributed by atoms with Crippen LogP contribution in [0, 0.1) is 17.8 Å². The van der Waals surface area contributed by atoms with Gasteiger partial charge in [-0.25, -0.2) is 0 Å². The highest BCUT2D eigenvalue weighted by Crippen LogP contribution is 2.60. The molecule has 1 heterocycles. The molecule has 1 aromatic heterocycles. The van der Waals surface area contributed by atoms with Gasteiger partial charge in [0.25, 0.3) is 0 Å². The number of esters is 1. The third-order valence-electron chi connectivity index (χ3n) is 6.98. The fraction of sp³-hybridized carbons (Fsp3) is 0.864. The molecule has 2 atom stereocenters. The van der Waals surface area contributed by atoms with Crippen LogP contribution in [0.1, 0.15) is 77.9 Å². The Morgan fingerprint density at radius 1 is 1.20 bits per heavy atom. The van der Waals surface area contributed by atoms with Gasteiger partial charge >= 0.3 is 5.97 Å². The maximum absolute atomic E-state index is 13.2. The largest absolute Gasteiger partial charge is 0.459 e. The highest BCUT2D eigenvalue weighted by molar-refractivity contribution is 7.60. The van der Waals surface area contributed by atoms with Crippen LogP contribution in [0.15, 0.2) is 4.52 Å². The van der Waals surface area contributed by atoms with Gasteiger partial charge in [-0.1, -0.05) is 5.16 Å². The van der Waals surface area contributed by atoms with Gasteiger partial charge in [-0.3, -0.25) is 9.36 Å². The maximum atomic E-state index is 13.2. The summed E-state index contributed by atoms with van der Waals surface area (Å²) in [5.41, 5.74) is -1.62. The molecule has 8 heteroatoms. The maximum Gasteiger partial charge on any atom is 0.319 e. The van der Waals surface area contributed by atoms with E-state index in [1.54, 1.807) is 27.7 Å². The van der Waals surface area contributed by atoms with Gasteiger partial charge in [0.15, 0.2) is 5.82 Å². The molecular weight excluding hydrogens is 403 g/mol. The fourth-order valence-corrected chi connectivity index (χ4v) is 7.88. The molecule has 2 unspecified atom stereocenters. The second-order valence-electron chi connectivity index (χ2n) is 10.8. The average Bonchev–Trinajstić information content (AvgIpc) is 3.06. The van der Waals surface area contributed by atoms with Crippen LogP contribution in [0.3, 0.4) is 0 Å². The molecule has 1 aromatic rings. The second-order valence-corrected chi connectivity index (χ2v) is 13.5. The average molecular weight is 439 g/mol. The highest BCUT2D eigenvalue weighted by atomic mass is 31.2. The Balaban J connectivity index is 1.55. The zero-order chi connectivity index (χ0) is 21.7. The molecule has 0 amide bonds. The molecule has 4 saturated carbocycles. The van der Waals surface area contributed by atoms with Crippen molar-refractivity contribution in [3.8, 4) is 0 Å². The van der Waals surface area contributed by atoms with Crippen molar-refractivity contribution in [1.82, 2.24) is 10.1 Å². The summed E-state index contributed by atoms with van der Waals surface area (Å²) in [5.74, 6) is 2.92. The molecule has 0 aliphatic heterocycles. The van der Waals surface area contributed by atoms with Crippen LogP contribution in [-0.4, -0.2) is 40.6 Å². The lowest BCUT2D eigenvalue weighted by Gasteiger charge is -2.55. The van der Waals surface area contributed by atoms with Crippen molar-refractivity contribution in [3.63, 3.8) is 0 Å². The smallest absolute Gasteiger partial charge is 0.319 e. The first kappa shape index (κ1) is 22.0. The van der Waals surface area contributed by atoms with Crippen molar-refractivity contribution < 1.29 is 23.1 Å². The van der Waals surface area contributed by atoms with E-state index >= 15 is 0 Å². The van der Waals surface area contributed by atoms with Crippen molar-refractivity contribution >= 4 is 13.3 Å². The van der Waals surface area contributed by atoms with E-state index in [4.69, 9.17) is 18.8 Å². The third kappa shape index (κ3) is 4.38. The van der Waals surface area contributed by atoms with Gasteiger partial charge < -0.3 is 13.8 Å². The molecule has 0 spiro atoms. The van der Waals surface area contributed by atoms with E-state index in [0.29, 0.717) is 5.89 Å². The second kappa shape index (κ2) is 7.74. The van der Waals surface area contributed by atoms with Gasteiger partial charge in [-0.15, -0.1) is 0 Å². The van der Waals surface area contributed by atoms with Gasteiger partial charge in [0.05, 0.1) is 6.61 Å². The zero-order valence-electron chi connectivity index (χ0n) is 18.8. The lowest BCUT2D eigenvalue weighted by Crippen LogP contribution is -2.49. The van der Waals surface area contributed by atoms with E-state index in [-0.39, 0.29) is 18.4 Å². The minimum Gasteiger partial charge on any atom is -0.459 e. The number of hydrogen-bond donors (Lipinski definition) is 0. The normalized spacial score (nSPS) is 33.3. The molecular formula is C22H35N2O5P. The molecule has 0 radical (unpaired) electrons. The van der Waals surface area contributed by atoms with Crippen molar-refractivity contribution in [2.24, 2.45) is 17.8 Å². The van der Waals surface area contributed by atoms with Gasteiger partial charge in [0.2, 0.25) is 13.3 Å². The topological polar surface area (TPSA) is 91.5 Å². The Morgan fingerprint density at radius 3 is 2.27 bits per heavy atom. The van der Waals surface area contributed by atoms with E-state index in [2.05, 4.69) is 5.16 Å². The van der Waals surface area contributed by atoms with Gasteiger partial charge in [0.1, 0.15) is 11.3 Å². The molecule has 4 aliphatic rings. The number of ether oxygens (including phenoxy) is 1. The van der Waals surface area contributed by atoms with E-state index in [9.17, 15) is 9.36 Å². The van der Waals surface area contributed by atoms with Crippen LogP contribution >= 0.6 is 7.37 Å². The summed E-state index contributed by atoms with van der Waals surface area (Å²) < 4.78 is 29.8. The minimum absolute atomic E-state index is 0.0216. The Hall–Kier alpha value is -1.20. The first-order chi connectivity index (χ1) is 14.0. The van der Waals surface area contributed by atoms with Crippen molar-refractivity contribution in [2.45, 2.75) is 89.3 Å². The first-order valence-electron chi connectivity index (χ1n) is 11.3. The van der Waals surface area contributed by atoms with Gasteiger partial charge in [-0.2, -0.15) is 4.98 Å². The molecule has 4 fully saturated rings. The summed E-state index contributed by atoms with van der Waals surface area (Å²) in [4.78, 5) is 17.6. The lowest BCUT2D eigenvalue weighted by molar-refractivity contribution is -0.154. The predicted molar refractivity (Wildman–Crippen MR) is 113 cm³/mol. The summed E-state index contributed by atoms with van der Waals surface area (Å²) in [5, 5.41) is 4.35. The Kier molecular flexibility index (Phi) is 5.68. The molecule has 5 rings (SSSR count). The van der Waals surface area contributed by atoms with E-state index in [1.165, 1.54) is 25.9 Å². The molecule has 4 aliphatic carbocycles. The van der Waals surface area contributed by atoms with Crippen molar-refractivity contribution in [3.05, 3.63) is 11.7 Å². The number of carbonyl (C=O) groups excluding carboxylic acids is 1. The van der Waals surface area contributed by atoms with Gasteiger partial charge in [0, 0.05) is 18.5 Å². The van der Waals surface area contributed by atoms with Crippen LogP contribution in [-0.2, 0) is 30.5 Å². The van der Waals surface area contributed by atoms with Gasteiger partial charge in [-0.05, 0) is 84.0 Å². The summed E-state index contributed by atoms with van der Waals surface area (Å²) in [6.07, 6.45) is 7.52. The van der Waals surface area contributed by atoms with Crippen LogP contribution in [0.4, 0.5) is 0 Å². The van der Waals surface area contributed by atoms with Crippen molar-refractivity contribution in [2.75, 3.05) is 13.3 Å². The summed E-state index contributed by atoms with van der Waals surface area (Å²) in [6, 6.07) is 0. The Labute approximate surface area is 179 Å². The highest BCUT2D eigenvalue weighted by Gasteiger charge is 2.54. The third-order valence-corrected chi connectivity index (χ3v) is 9.28. The number of carbonyl (C=O) groups is 1. The molecule has 0 aromatic carbocycles. The number of rotatable bonds is 7. The summed E-state index contributed by atoms with van der Waals surface area (Å²) >= 11 is 0. The van der Waals surface area contributed by atoms with Crippen molar-refractivity contribution in [1.29, 1.82) is 0 Å². The Bertz CT molecular complexity index is 808. The SMILES string of the molecule is CCOP(C)(=O)C(Cc1nc(C23CC4CC(CC(C4)C2)C3)no1)C(=O)OC(C)(C)C. The van der Waals surface area contributed by atoms with Crippen LogP contribution in [0.25, 0.3) is 0 Å². The number of nitrogens with zero attached hydrogens (tertiary/aromatic N) is 2. The fourth-order valence-electron chi connectivity index (χ4n) is 6.26. The van der Waals surface area contributed by atoms with Crippen LogP contribution in [0.5, 0.6) is 0 Å². The first-order valence-corrected chi connectivity index (χ1v) is 13.4. The standard InChI is InChI=1S/C22H35N2O5P/c1-6-27-30(5,26)17(19(25)28-21(2,3)4)10-18-23-20(24-29-18)22-11-14-7-15(12-22)9-16(8-14)13-22/h14-17H,6-13H2,1-5H3. The van der Waals surface area contributed by atoms with Crippen LogP contribution in [0.2, 0.25) is 0 Å². The van der Waals surface area contributed by atoms with Crippen LogP contribution < -0.4 is 0 Å². The number of aromatic nitrogens is 2. The predicted octanol–water partition coefficient (Wildman–Crippen LogP) is 4.73. The molecule has 0 saturated heterocycles. The quantitative estimate of drug-likeness (QED) is 0.449. The number of hydrogen-bond acceptors (Lipinski definition) is 7. The lowest BCUT2D eigenvalue weighted by atomic mass is 9.49. The molecule has 168 valence electrons. The minimum atomic E-state index is -3.26. The molecule has 0 N–H and O–H groups in total. The van der Waals surface area contributed by atoms with E-state index in [0.717, 1.165) is 42.8 Å². The Morgan fingerprint density at radius 2 is 1.77 bits per heavy atom. The zero-order valence-corrected chi connectivity index (χ0v) is 19.7. The summed E-state index contributed by atoms with van der Waals surface area (Å²) in [6.45, 7) is 8.89. The monoisotopic (exact) mass is 438 g/mol. The van der Waals surface area contributed by atoms with E-state index < -0.39 is 24.6 Å². The van der Waals surface area contributed by atoms with E-state index in [1.807, 2.05) is 0 Å². The molecule has 7 nitrogen and oxygen atoms in total. The summed E-state index contributed by atoms with van der Waals surface area (Å²) in [7, 11) is -3.26.